The van der Waals surface area contributed by atoms with Crippen molar-refractivity contribution < 1.29 is 9.90 Å². The van der Waals surface area contributed by atoms with Crippen LogP contribution in [0.1, 0.15) is 31.2 Å². The van der Waals surface area contributed by atoms with E-state index in [1.165, 1.54) is 0 Å². The van der Waals surface area contributed by atoms with Gasteiger partial charge in [-0.1, -0.05) is 17.7 Å². The Kier molecular flexibility index (Phi) is 4.10. The number of hydrogen-bond donors (Lipinski definition) is 2. The van der Waals surface area contributed by atoms with Crippen LogP contribution in [0.4, 0.5) is 5.69 Å². The molecule has 0 unspecified atom stereocenters. The van der Waals surface area contributed by atoms with Crippen LogP contribution in [0.2, 0.25) is 5.02 Å². The number of benzene rings is 1. The Balaban J connectivity index is 1.65. The van der Waals surface area contributed by atoms with Crippen molar-refractivity contribution in [1.82, 2.24) is 4.90 Å². The summed E-state index contributed by atoms with van der Waals surface area (Å²) in [6, 6.07) is 7.65. The molecule has 6 heteroatoms. The van der Waals surface area contributed by atoms with Gasteiger partial charge in [-0.2, -0.15) is 0 Å². The van der Waals surface area contributed by atoms with Crippen LogP contribution < -0.4 is 5.73 Å². The molecule has 3 N–H and O–H groups in total. The Hall–Kier alpha value is -1.82. The first-order valence-electron chi connectivity index (χ1n) is 8.30. The molecule has 1 amide bonds. The lowest BCUT2D eigenvalue weighted by molar-refractivity contribution is -0.132. The second-order valence-electron chi connectivity index (χ2n) is 6.74. The van der Waals surface area contributed by atoms with Crippen molar-refractivity contribution in [1.29, 1.82) is 0 Å². The predicted molar refractivity (Wildman–Crippen MR) is 102 cm³/mol. The molecule has 25 heavy (non-hydrogen) atoms. The highest BCUT2D eigenvalue weighted by molar-refractivity contribution is 7.13. The van der Waals surface area contributed by atoms with E-state index < -0.39 is 0 Å². The molecule has 1 aromatic carbocycles. The second-order valence-corrected chi connectivity index (χ2v) is 8.06. The molecule has 0 radical (unpaired) electrons. The number of aliphatic hydroxyl groups excluding tert-OH is 1. The second kappa shape index (κ2) is 6.16. The largest absolute Gasteiger partial charge is 0.399 e. The quantitative estimate of drug-likeness (QED) is 0.790. The lowest BCUT2D eigenvalue weighted by atomic mass is 9.99. The molecule has 0 atom stereocenters. The van der Waals surface area contributed by atoms with Crippen molar-refractivity contribution in [2.45, 2.75) is 31.2 Å². The Bertz CT molecular complexity index is 870. The van der Waals surface area contributed by atoms with Crippen molar-refractivity contribution in [3.8, 4) is 10.4 Å². The highest BCUT2D eigenvalue weighted by atomic mass is 35.5. The number of nitrogens with zero attached hydrogens (tertiary/aromatic N) is 1. The van der Waals surface area contributed by atoms with E-state index in [1.807, 2.05) is 18.3 Å². The van der Waals surface area contributed by atoms with E-state index in [1.54, 1.807) is 22.3 Å². The standard InChI is InChI=1S/C19H19ClN2O2S/c20-16-8-14(21)2-3-15(16)17-7-13(10-25-17)12-1-4-18(24)22(9-12)19(11-23)5-6-19/h2-3,7-10,23H,1,4-6,11,21H2. The van der Waals surface area contributed by atoms with Gasteiger partial charge in [-0.15, -0.1) is 11.3 Å². The number of halogens is 1. The first-order chi connectivity index (χ1) is 12.0. The summed E-state index contributed by atoms with van der Waals surface area (Å²) in [6.45, 7) is 0.0262. The molecule has 0 saturated heterocycles. The zero-order valence-corrected chi connectivity index (χ0v) is 15.2. The number of hydrogen-bond acceptors (Lipinski definition) is 4. The Morgan fingerprint density at radius 2 is 2.08 bits per heavy atom. The molecule has 1 fully saturated rings. The van der Waals surface area contributed by atoms with Gasteiger partial charge in [-0.05, 0) is 54.0 Å². The van der Waals surface area contributed by atoms with Crippen LogP contribution >= 0.6 is 22.9 Å². The van der Waals surface area contributed by atoms with Gasteiger partial charge >= 0.3 is 0 Å². The number of anilines is 1. The molecule has 1 aromatic heterocycles. The van der Waals surface area contributed by atoms with Gasteiger partial charge in [-0.25, -0.2) is 0 Å². The van der Waals surface area contributed by atoms with Gasteiger partial charge < -0.3 is 15.7 Å². The zero-order valence-electron chi connectivity index (χ0n) is 13.7. The summed E-state index contributed by atoms with van der Waals surface area (Å²) in [5.74, 6) is 0.104. The Morgan fingerprint density at radius 1 is 1.28 bits per heavy atom. The average molecular weight is 375 g/mol. The third-order valence-electron chi connectivity index (χ3n) is 5.02. The fourth-order valence-corrected chi connectivity index (χ4v) is 4.59. The third-order valence-corrected chi connectivity index (χ3v) is 6.30. The molecule has 2 heterocycles. The highest BCUT2D eigenvalue weighted by Gasteiger charge is 2.49. The van der Waals surface area contributed by atoms with Crippen LogP contribution in [-0.4, -0.2) is 28.1 Å². The van der Waals surface area contributed by atoms with Crippen LogP contribution in [-0.2, 0) is 4.79 Å². The van der Waals surface area contributed by atoms with Gasteiger partial charge in [0.1, 0.15) is 0 Å². The molecule has 4 rings (SSSR count). The third kappa shape index (κ3) is 2.97. The first kappa shape index (κ1) is 16.6. The molecule has 1 aliphatic carbocycles. The lowest BCUT2D eigenvalue weighted by Gasteiger charge is -2.31. The van der Waals surface area contributed by atoms with Crippen LogP contribution in [0, 0.1) is 0 Å². The van der Waals surface area contributed by atoms with Gasteiger partial charge in [0, 0.05) is 28.7 Å². The van der Waals surface area contributed by atoms with Crippen molar-refractivity contribution in [3.63, 3.8) is 0 Å². The molecule has 2 aliphatic rings. The molecule has 4 nitrogen and oxygen atoms in total. The molecular formula is C19H19ClN2O2S. The highest BCUT2D eigenvalue weighted by Crippen LogP contribution is 2.45. The fourth-order valence-electron chi connectivity index (χ4n) is 3.27. The van der Waals surface area contributed by atoms with E-state index in [0.717, 1.165) is 40.8 Å². The predicted octanol–water partition coefficient (Wildman–Crippen LogP) is 4.14. The van der Waals surface area contributed by atoms with Crippen molar-refractivity contribution in [3.05, 3.63) is 46.4 Å². The fraction of sp³-hybridized carbons (Fsp3) is 0.316. The number of amides is 1. The number of nitrogen functional groups attached to an aromatic ring is 1. The summed E-state index contributed by atoms with van der Waals surface area (Å²) in [4.78, 5) is 15.1. The van der Waals surface area contributed by atoms with Crippen molar-refractivity contribution >= 4 is 40.1 Å². The number of carbonyl (C=O) groups is 1. The normalized spacial score (nSPS) is 19.0. The Morgan fingerprint density at radius 3 is 2.76 bits per heavy atom. The monoisotopic (exact) mass is 374 g/mol. The van der Waals surface area contributed by atoms with Gasteiger partial charge in [0.25, 0.3) is 0 Å². The van der Waals surface area contributed by atoms with Gasteiger partial charge in [0.15, 0.2) is 0 Å². The van der Waals surface area contributed by atoms with Crippen LogP contribution in [0.3, 0.4) is 0 Å². The molecule has 0 spiro atoms. The number of nitrogens with two attached hydrogens (primary N) is 1. The number of carbonyl (C=O) groups excluding carboxylic acids is 1. The molecule has 1 saturated carbocycles. The van der Waals surface area contributed by atoms with E-state index in [-0.39, 0.29) is 18.1 Å². The number of thiophene rings is 1. The molecule has 1 aliphatic heterocycles. The summed E-state index contributed by atoms with van der Waals surface area (Å²) >= 11 is 7.95. The van der Waals surface area contributed by atoms with Crippen molar-refractivity contribution in [2.24, 2.45) is 0 Å². The van der Waals surface area contributed by atoms with Crippen LogP contribution in [0.25, 0.3) is 16.0 Å². The minimum Gasteiger partial charge on any atom is -0.399 e. The zero-order chi connectivity index (χ0) is 17.6. The molecule has 2 aromatic rings. The Labute approximate surface area is 155 Å². The molecular weight excluding hydrogens is 356 g/mol. The summed E-state index contributed by atoms with van der Waals surface area (Å²) < 4.78 is 0. The summed E-state index contributed by atoms with van der Waals surface area (Å²) in [6.07, 6.45) is 4.89. The summed E-state index contributed by atoms with van der Waals surface area (Å²) in [5.41, 5.74) is 9.26. The summed E-state index contributed by atoms with van der Waals surface area (Å²) in [5, 5.41) is 12.4. The molecule has 130 valence electrons. The minimum atomic E-state index is -0.359. The first-order valence-corrected chi connectivity index (χ1v) is 9.56. The molecule has 0 bridgehead atoms. The van der Waals surface area contributed by atoms with Gasteiger partial charge in [-0.3, -0.25) is 4.79 Å². The SMILES string of the molecule is Nc1ccc(-c2cc(C3=CN(C4(CO)CC4)C(=O)CC3)cs2)c(Cl)c1. The minimum absolute atomic E-state index is 0.0262. The number of allylic oxidation sites excluding steroid dienone is 1. The number of rotatable bonds is 4. The maximum Gasteiger partial charge on any atom is 0.227 e. The lowest BCUT2D eigenvalue weighted by Crippen LogP contribution is -2.42. The topological polar surface area (TPSA) is 66.6 Å². The maximum atomic E-state index is 12.3. The summed E-state index contributed by atoms with van der Waals surface area (Å²) in [7, 11) is 0. The van der Waals surface area contributed by atoms with Gasteiger partial charge in [0.2, 0.25) is 5.91 Å². The van der Waals surface area contributed by atoms with E-state index in [9.17, 15) is 9.90 Å². The van der Waals surface area contributed by atoms with Crippen LogP contribution in [0.5, 0.6) is 0 Å². The van der Waals surface area contributed by atoms with Gasteiger partial charge in [0.05, 0.1) is 17.2 Å². The van der Waals surface area contributed by atoms with E-state index in [0.29, 0.717) is 17.1 Å². The number of aliphatic hydroxyl groups is 1. The van der Waals surface area contributed by atoms with E-state index in [2.05, 4.69) is 11.4 Å². The van der Waals surface area contributed by atoms with E-state index in [4.69, 9.17) is 17.3 Å². The van der Waals surface area contributed by atoms with E-state index >= 15 is 0 Å². The van der Waals surface area contributed by atoms with Crippen molar-refractivity contribution in [2.75, 3.05) is 12.3 Å². The maximum absolute atomic E-state index is 12.3. The average Bonchev–Trinajstić information content (AvgIpc) is 3.25. The smallest absolute Gasteiger partial charge is 0.227 e. The van der Waals surface area contributed by atoms with Crippen LogP contribution in [0.15, 0.2) is 35.8 Å².